The number of nitro groups is 1. The third-order valence-corrected chi connectivity index (χ3v) is 5.54. The predicted octanol–water partition coefficient (Wildman–Crippen LogP) is 2.47. The fourth-order valence-electron chi connectivity index (χ4n) is 2.74. The van der Waals surface area contributed by atoms with E-state index in [2.05, 4.69) is 25.5 Å². The van der Waals surface area contributed by atoms with E-state index in [0.717, 1.165) is 11.9 Å². The summed E-state index contributed by atoms with van der Waals surface area (Å²) in [5.74, 6) is 0.552. The molecule has 12 nitrogen and oxygen atoms in total. The Morgan fingerprint density at radius 1 is 1.03 bits per heavy atom. The summed E-state index contributed by atoms with van der Waals surface area (Å²) in [5.41, 5.74) is 3.09. The molecular weight excluding hydrogens is 428 g/mol. The van der Waals surface area contributed by atoms with Gasteiger partial charge in [-0.1, -0.05) is 17.7 Å². The quantitative estimate of drug-likeness (QED) is 0.365. The van der Waals surface area contributed by atoms with Gasteiger partial charge in [-0.15, -0.1) is 4.83 Å². The average Bonchev–Trinajstić information content (AvgIpc) is 3.20. The van der Waals surface area contributed by atoms with E-state index >= 15 is 0 Å². The lowest BCUT2D eigenvalue weighted by Gasteiger charge is -2.11. The molecule has 13 heteroatoms. The maximum atomic E-state index is 12.5. The summed E-state index contributed by atoms with van der Waals surface area (Å²) in [7, 11) is -3.99. The first-order valence-corrected chi connectivity index (χ1v) is 10.3. The number of benzene rings is 2. The van der Waals surface area contributed by atoms with Crippen molar-refractivity contribution in [1.29, 1.82) is 0 Å². The number of nitrogens with one attached hydrogen (secondary N) is 3. The lowest BCUT2D eigenvalue weighted by Crippen LogP contribution is -2.30. The lowest BCUT2D eigenvalue weighted by atomic mass is 10.2. The molecule has 0 atom stereocenters. The number of rotatable bonds is 7. The molecular formula is C18H16N6O6S. The molecule has 31 heavy (non-hydrogen) atoms. The molecule has 4 rings (SSSR count). The number of hydrazine groups is 1. The van der Waals surface area contributed by atoms with Gasteiger partial charge in [0, 0.05) is 11.8 Å². The van der Waals surface area contributed by atoms with Crippen molar-refractivity contribution in [2.45, 2.75) is 11.8 Å². The van der Waals surface area contributed by atoms with Gasteiger partial charge in [0.05, 0.1) is 9.82 Å². The zero-order chi connectivity index (χ0) is 22.0. The zero-order valence-corrected chi connectivity index (χ0v) is 16.8. The molecule has 3 N–H and O–H groups in total. The second kappa shape index (κ2) is 8.04. The van der Waals surface area contributed by atoms with Crippen molar-refractivity contribution in [2.75, 3.05) is 17.5 Å². The van der Waals surface area contributed by atoms with Crippen LogP contribution in [-0.4, -0.2) is 30.1 Å². The number of nitrogens with zero attached hydrogens (tertiary/aromatic N) is 3. The highest BCUT2D eigenvalue weighted by molar-refractivity contribution is 7.89. The first-order chi connectivity index (χ1) is 14.8. The van der Waals surface area contributed by atoms with Gasteiger partial charge in [-0.3, -0.25) is 15.5 Å². The third-order valence-electron chi connectivity index (χ3n) is 4.28. The van der Waals surface area contributed by atoms with Crippen LogP contribution in [0.4, 0.5) is 23.0 Å². The summed E-state index contributed by atoms with van der Waals surface area (Å²) in [6, 6.07) is 11.0. The van der Waals surface area contributed by atoms with E-state index in [1.807, 2.05) is 6.92 Å². The van der Waals surface area contributed by atoms with Gasteiger partial charge in [0.1, 0.15) is 6.33 Å². The predicted molar refractivity (Wildman–Crippen MR) is 110 cm³/mol. The Morgan fingerprint density at radius 3 is 2.48 bits per heavy atom. The van der Waals surface area contributed by atoms with Gasteiger partial charge < -0.3 is 14.8 Å². The van der Waals surface area contributed by atoms with E-state index in [-0.39, 0.29) is 23.3 Å². The SMILES string of the molecule is Cc1ccc(S(=O)(=O)NNc2ncnc(Nc3ccc4c(c3)OCO4)c2[N+](=O)[O-])cc1. The molecule has 0 aliphatic carbocycles. The molecule has 0 bridgehead atoms. The molecule has 1 aliphatic rings. The number of aryl methyl sites for hydroxylation is 1. The first-order valence-electron chi connectivity index (χ1n) is 8.84. The standard InChI is InChI=1S/C18H16N6O6S/c1-11-2-5-13(6-3-11)31(27,28)23-22-18-16(24(25)26)17(19-9-20-18)21-12-4-7-14-15(8-12)30-10-29-14/h2-9,23H,10H2,1H3,(H2,19,20,21,22). The van der Waals surface area contributed by atoms with Crippen LogP contribution in [0.15, 0.2) is 53.7 Å². The van der Waals surface area contributed by atoms with Crippen LogP contribution in [0.5, 0.6) is 11.5 Å². The Morgan fingerprint density at radius 2 is 1.74 bits per heavy atom. The van der Waals surface area contributed by atoms with Crippen molar-refractivity contribution in [1.82, 2.24) is 14.8 Å². The van der Waals surface area contributed by atoms with E-state index in [1.165, 1.54) is 12.1 Å². The van der Waals surface area contributed by atoms with E-state index in [0.29, 0.717) is 17.2 Å². The molecule has 160 valence electrons. The Kier molecular flexibility index (Phi) is 5.27. The molecule has 2 heterocycles. The van der Waals surface area contributed by atoms with E-state index in [1.54, 1.807) is 30.3 Å². The molecule has 1 aliphatic heterocycles. The smallest absolute Gasteiger partial charge is 0.354 e. The van der Waals surface area contributed by atoms with Crippen LogP contribution in [0.2, 0.25) is 0 Å². The number of ether oxygens (including phenoxy) is 2. The second-order valence-corrected chi connectivity index (χ2v) is 8.10. The molecule has 1 aromatic heterocycles. The molecule has 0 spiro atoms. The summed E-state index contributed by atoms with van der Waals surface area (Å²) >= 11 is 0. The normalized spacial score (nSPS) is 12.4. The number of fused-ring (bicyclic) bond motifs is 1. The maximum Gasteiger partial charge on any atom is 0.354 e. The molecule has 0 fully saturated rings. The molecule has 0 amide bonds. The van der Waals surface area contributed by atoms with Crippen LogP contribution in [0.1, 0.15) is 5.56 Å². The number of hydrogen-bond acceptors (Lipinski definition) is 10. The van der Waals surface area contributed by atoms with Crippen LogP contribution in [-0.2, 0) is 10.0 Å². The second-order valence-electron chi connectivity index (χ2n) is 6.41. The van der Waals surface area contributed by atoms with Crippen molar-refractivity contribution in [3.8, 4) is 11.5 Å². The summed E-state index contributed by atoms with van der Waals surface area (Å²) in [6.45, 7) is 1.91. The van der Waals surface area contributed by atoms with E-state index in [9.17, 15) is 18.5 Å². The minimum Gasteiger partial charge on any atom is -0.454 e. The van der Waals surface area contributed by atoms with E-state index < -0.39 is 20.6 Å². The molecule has 0 saturated heterocycles. The van der Waals surface area contributed by atoms with Gasteiger partial charge in [0.15, 0.2) is 11.5 Å². The van der Waals surface area contributed by atoms with Crippen LogP contribution < -0.4 is 25.0 Å². The van der Waals surface area contributed by atoms with Gasteiger partial charge >= 0.3 is 5.69 Å². The van der Waals surface area contributed by atoms with Crippen LogP contribution >= 0.6 is 0 Å². The largest absolute Gasteiger partial charge is 0.454 e. The van der Waals surface area contributed by atoms with Crippen LogP contribution in [0, 0.1) is 17.0 Å². The van der Waals surface area contributed by atoms with Crippen molar-refractivity contribution in [3.05, 3.63) is 64.5 Å². The zero-order valence-electron chi connectivity index (χ0n) is 16.0. The Balaban J connectivity index is 1.58. The highest BCUT2D eigenvalue weighted by Gasteiger charge is 2.25. The topological polar surface area (TPSA) is 158 Å². The monoisotopic (exact) mass is 444 g/mol. The Hall–Kier alpha value is -3.97. The van der Waals surface area contributed by atoms with Crippen molar-refractivity contribution in [2.24, 2.45) is 0 Å². The minimum absolute atomic E-state index is 0.0129. The number of anilines is 3. The van der Waals surface area contributed by atoms with Gasteiger partial charge in [-0.2, -0.15) is 0 Å². The number of aromatic nitrogens is 2. The van der Waals surface area contributed by atoms with Crippen molar-refractivity contribution in [3.63, 3.8) is 0 Å². The molecule has 0 radical (unpaired) electrons. The lowest BCUT2D eigenvalue weighted by molar-refractivity contribution is -0.383. The summed E-state index contributed by atoms with van der Waals surface area (Å²) < 4.78 is 35.4. The Labute approximate surface area is 176 Å². The fraction of sp³-hybridized carbons (Fsp3) is 0.111. The number of hydrogen-bond donors (Lipinski definition) is 3. The summed E-state index contributed by atoms with van der Waals surface area (Å²) in [4.78, 5) is 20.7. The van der Waals surface area contributed by atoms with Gasteiger partial charge in [0.2, 0.25) is 18.4 Å². The Bertz CT molecular complexity index is 1250. The van der Waals surface area contributed by atoms with Crippen LogP contribution in [0.3, 0.4) is 0 Å². The highest BCUT2D eigenvalue weighted by atomic mass is 32.2. The molecule has 0 saturated carbocycles. The van der Waals surface area contributed by atoms with Crippen LogP contribution in [0.25, 0.3) is 0 Å². The van der Waals surface area contributed by atoms with Gasteiger partial charge in [-0.25, -0.2) is 18.4 Å². The third kappa shape index (κ3) is 4.31. The molecule has 0 unspecified atom stereocenters. The summed E-state index contributed by atoms with van der Waals surface area (Å²) in [6.07, 6.45) is 1.06. The van der Waals surface area contributed by atoms with Crippen molar-refractivity contribution >= 4 is 33.0 Å². The highest BCUT2D eigenvalue weighted by Crippen LogP contribution is 2.37. The van der Waals surface area contributed by atoms with E-state index in [4.69, 9.17) is 9.47 Å². The number of sulfonamides is 1. The van der Waals surface area contributed by atoms with Gasteiger partial charge in [0.25, 0.3) is 10.0 Å². The summed E-state index contributed by atoms with van der Waals surface area (Å²) in [5, 5.41) is 14.5. The molecule has 3 aromatic rings. The molecule has 2 aromatic carbocycles. The fourth-order valence-corrected chi connectivity index (χ4v) is 3.58. The van der Waals surface area contributed by atoms with Gasteiger partial charge in [-0.05, 0) is 31.2 Å². The van der Waals surface area contributed by atoms with Crippen molar-refractivity contribution < 1.29 is 22.8 Å². The first kappa shape index (κ1) is 20.3. The maximum absolute atomic E-state index is 12.5. The minimum atomic E-state index is -3.99. The average molecular weight is 444 g/mol.